The maximum atomic E-state index is 12.4. The summed E-state index contributed by atoms with van der Waals surface area (Å²) >= 11 is 0. The van der Waals surface area contributed by atoms with E-state index in [0.717, 1.165) is 24.2 Å². The fraction of sp³-hybridized carbons (Fsp3) is 0.500. The van der Waals surface area contributed by atoms with Crippen LogP contribution in [-0.2, 0) is 0 Å². The van der Waals surface area contributed by atoms with Gasteiger partial charge in [0.15, 0.2) is 5.78 Å². The van der Waals surface area contributed by atoms with Gasteiger partial charge >= 0.3 is 0 Å². The van der Waals surface area contributed by atoms with Gasteiger partial charge in [-0.1, -0.05) is 31.9 Å². The molecule has 1 N–H and O–H groups in total. The Kier molecular flexibility index (Phi) is 2.44. The number of ketones is 1. The molecule has 1 saturated heterocycles. The Morgan fingerprint density at radius 2 is 2.29 bits per heavy atom. The van der Waals surface area contributed by atoms with E-state index in [9.17, 15) is 4.79 Å². The van der Waals surface area contributed by atoms with E-state index in [1.165, 1.54) is 6.42 Å². The first kappa shape index (κ1) is 10.8. The van der Waals surface area contributed by atoms with E-state index in [0.29, 0.717) is 12.6 Å². The monoisotopic (exact) mass is 231 g/mol. The number of carbonyl (C=O) groups is 1. The molecule has 2 aliphatic heterocycles. The first-order valence-corrected chi connectivity index (χ1v) is 6.32. The van der Waals surface area contributed by atoms with E-state index in [2.05, 4.69) is 12.2 Å². The summed E-state index contributed by atoms with van der Waals surface area (Å²) in [6, 6.07) is 7.82. The van der Waals surface area contributed by atoms with Gasteiger partial charge in [0.2, 0.25) is 0 Å². The van der Waals surface area contributed by atoms with Crippen LogP contribution in [0.3, 0.4) is 0 Å². The molecule has 90 valence electrons. The van der Waals surface area contributed by atoms with E-state index in [4.69, 9.17) is 4.74 Å². The van der Waals surface area contributed by atoms with Gasteiger partial charge in [0.1, 0.15) is 17.9 Å². The first-order valence-electron chi connectivity index (χ1n) is 6.32. The van der Waals surface area contributed by atoms with Crippen LogP contribution in [0, 0.1) is 0 Å². The first-order chi connectivity index (χ1) is 8.28. The SMILES string of the molecule is CCCC[C@H]1N[C@]12COc1ccccc1C2=O. The van der Waals surface area contributed by atoms with Crippen molar-refractivity contribution in [1.82, 2.24) is 5.32 Å². The lowest BCUT2D eigenvalue weighted by Crippen LogP contribution is -2.40. The molecule has 2 heterocycles. The van der Waals surface area contributed by atoms with Crippen molar-refractivity contribution < 1.29 is 9.53 Å². The van der Waals surface area contributed by atoms with Crippen molar-refractivity contribution in [2.24, 2.45) is 0 Å². The number of ether oxygens (including phenoxy) is 1. The largest absolute Gasteiger partial charge is 0.490 e. The average molecular weight is 231 g/mol. The summed E-state index contributed by atoms with van der Waals surface area (Å²) in [6.07, 6.45) is 3.39. The van der Waals surface area contributed by atoms with Crippen molar-refractivity contribution in [2.45, 2.75) is 37.8 Å². The molecule has 17 heavy (non-hydrogen) atoms. The zero-order chi connectivity index (χ0) is 11.9. The molecule has 0 aromatic heterocycles. The van der Waals surface area contributed by atoms with Crippen LogP contribution in [0.5, 0.6) is 5.75 Å². The van der Waals surface area contributed by atoms with Gasteiger partial charge in [-0.3, -0.25) is 10.1 Å². The maximum absolute atomic E-state index is 12.4. The lowest BCUT2D eigenvalue weighted by atomic mass is 9.90. The smallest absolute Gasteiger partial charge is 0.191 e. The molecule has 0 aliphatic carbocycles. The van der Waals surface area contributed by atoms with Gasteiger partial charge in [0.05, 0.1) is 5.56 Å². The highest BCUT2D eigenvalue weighted by molar-refractivity contribution is 6.09. The van der Waals surface area contributed by atoms with E-state index in [1.807, 2.05) is 24.3 Å². The lowest BCUT2D eigenvalue weighted by Gasteiger charge is -2.23. The second kappa shape index (κ2) is 3.84. The Morgan fingerprint density at radius 3 is 3.12 bits per heavy atom. The molecule has 3 heteroatoms. The predicted molar refractivity (Wildman–Crippen MR) is 65.4 cm³/mol. The number of rotatable bonds is 3. The summed E-state index contributed by atoms with van der Waals surface area (Å²) in [5.41, 5.74) is 0.314. The van der Waals surface area contributed by atoms with Crippen LogP contribution in [0.2, 0.25) is 0 Å². The van der Waals surface area contributed by atoms with Crippen molar-refractivity contribution >= 4 is 5.78 Å². The topological polar surface area (TPSA) is 48.2 Å². The molecule has 1 spiro atoms. The molecule has 0 bridgehead atoms. The number of Topliss-reactive ketones (excluding diaryl/α,β-unsaturated/α-hetero) is 1. The molecule has 0 amide bonds. The Hall–Kier alpha value is -1.35. The summed E-state index contributed by atoms with van der Waals surface area (Å²) in [7, 11) is 0. The molecule has 1 fully saturated rings. The molecular weight excluding hydrogens is 214 g/mol. The zero-order valence-electron chi connectivity index (χ0n) is 10.0. The second-order valence-electron chi connectivity index (χ2n) is 4.92. The fourth-order valence-corrected chi connectivity index (χ4v) is 2.64. The van der Waals surface area contributed by atoms with Crippen molar-refractivity contribution in [1.29, 1.82) is 0 Å². The molecule has 0 saturated carbocycles. The third kappa shape index (κ3) is 1.57. The van der Waals surface area contributed by atoms with Gasteiger partial charge in [0, 0.05) is 6.04 Å². The normalized spacial score (nSPS) is 29.9. The maximum Gasteiger partial charge on any atom is 0.191 e. The van der Waals surface area contributed by atoms with E-state index in [-0.39, 0.29) is 5.78 Å². The molecule has 2 aliphatic rings. The molecule has 0 radical (unpaired) electrons. The van der Waals surface area contributed by atoms with Crippen LogP contribution in [0.25, 0.3) is 0 Å². The number of para-hydroxylation sites is 1. The van der Waals surface area contributed by atoms with Crippen molar-refractivity contribution in [3.8, 4) is 5.75 Å². The van der Waals surface area contributed by atoms with E-state index < -0.39 is 5.54 Å². The summed E-state index contributed by atoms with van der Waals surface area (Å²) in [5, 5.41) is 3.34. The van der Waals surface area contributed by atoms with Gasteiger partial charge in [-0.2, -0.15) is 0 Å². The van der Waals surface area contributed by atoms with Gasteiger partial charge in [-0.15, -0.1) is 0 Å². The van der Waals surface area contributed by atoms with Crippen molar-refractivity contribution in [3.63, 3.8) is 0 Å². The third-order valence-corrected chi connectivity index (χ3v) is 3.78. The highest BCUT2D eigenvalue weighted by Crippen LogP contribution is 2.40. The van der Waals surface area contributed by atoms with Gasteiger partial charge in [-0.05, 0) is 18.6 Å². The third-order valence-electron chi connectivity index (χ3n) is 3.78. The number of fused-ring (bicyclic) bond motifs is 1. The zero-order valence-corrected chi connectivity index (χ0v) is 10.0. The molecule has 3 rings (SSSR count). The Labute approximate surface area is 101 Å². The van der Waals surface area contributed by atoms with Gasteiger partial charge < -0.3 is 4.74 Å². The van der Waals surface area contributed by atoms with Crippen LogP contribution in [0.15, 0.2) is 24.3 Å². The van der Waals surface area contributed by atoms with E-state index in [1.54, 1.807) is 0 Å². The minimum absolute atomic E-state index is 0.209. The standard InChI is InChI=1S/C14H17NO2/c1-2-3-8-12-14(15-12)9-17-11-7-5-4-6-10(11)13(14)16/h4-7,12,15H,2-3,8-9H2,1H3/t12-,14-/m1/s1. The van der Waals surface area contributed by atoms with Gasteiger partial charge in [0.25, 0.3) is 0 Å². The number of benzene rings is 1. The number of nitrogens with one attached hydrogen (secondary N) is 1. The Morgan fingerprint density at radius 1 is 1.47 bits per heavy atom. The highest BCUT2D eigenvalue weighted by Gasteiger charge is 2.61. The molecular formula is C14H17NO2. The Bertz CT molecular complexity index is 457. The minimum Gasteiger partial charge on any atom is -0.490 e. The highest BCUT2D eigenvalue weighted by atomic mass is 16.5. The van der Waals surface area contributed by atoms with Crippen molar-refractivity contribution in [3.05, 3.63) is 29.8 Å². The predicted octanol–water partition coefficient (Wildman–Crippen LogP) is 2.16. The number of unbranched alkanes of at least 4 members (excludes halogenated alkanes) is 1. The lowest BCUT2D eigenvalue weighted by molar-refractivity contribution is 0.0864. The molecule has 3 nitrogen and oxygen atoms in total. The van der Waals surface area contributed by atoms with Crippen LogP contribution >= 0.6 is 0 Å². The quantitative estimate of drug-likeness (QED) is 0.811. The Balaban J connectivity index is 1.82. The fourth-order valence-electron chi connectivity index (χ4n) is 2.64. The van der Waals surface area contributed by atoms with E-state index >= 15 is 0 Å². The summed E-state index contributed by atoms with van der Waals surface area (Å²) in [4.78, 5) is 12.4. The molecule has 2 atom stereocenters. The number of carbonyl (C=O) groups excluding carboxylic acids is 1. The number of hydrogen-bond acceptors (Lipinski definition) is 3. The van der Waals surface area contributed by atoms with Gasteiger partial charge in [-0.25, -0.2) is 0 Å². The van der Waals surface area contributed by atoms with Crippen LogP contribution in [-0.4, -0.2) is 24.0 Å². The molecule has 1 aromatic carbocycles. The molecule has 1 aromatic rings. The van der Waals surface area contributed by atoms with Crippen molar-refractivity contribution in [2.75, 3.05) is 6.61 Å². The second-order valence-corrected chi connectivity index (χ2v) is 4.92. The molecule has 0 unspecified atom stereocenters. The number of hydrogen-bond donors (Lipinski definition) is 1. The summed E-state index contributed by atoms with van der Waals surface area (Å²) in [5.74, 6) is 0.937. The van der Waals surface area contributed by atoms with Crippen LogP contribution in [0.4, 0.5) is 0 Å². The minimum atomic E-state index is -0.413. The summed E-state index contributed by atoms with van der Waals surface area (Å²) < 4.78 is 5.70. The van der Waals surface area contributed by atoms with Crippen LogP contribution < -0.4 is 10.1 Å². The summed E-state index contributed by atoms with van der Waals surface area (Å²) in [6.45, 7) is 2.65. The van der Waals surface area contributed by atoms with Crippen LogP contribution in [0.1, 0.15) is 36.5 Å². The average Bonchev–Trinajstić information content (AvgIpc) is 3.07.